The number of likely N-dealkylation sites (tertiary alicyclic amines) is 1. The van der Waals surface area contributed by atoms with E-state index in [4.69, 9.17) is 9.72 Å². The maximum atomic E-state index is 13.1. The Morgan fingerprint density at radius 2 is 1.65 bits per heavy atom. The average Bonchev–Trinajstić information content (AvgIpc) is 3.03. The van der Waals surface area contributed by atoms with Gasteiger partial charge in [-0.1, -0.05) is 12.8 Å². The summed E-state index contributed by atoms with van der Waals surface area (Å²) in [5, 5.41) is 7.78. The zero-order chi connectivity index (χ0) is 23.3. The standard InChI is InChI=1S/C25H39N7O2/c1-20-24-22(6-7-23(27-24)31-10-4-2-3-5-11-31)32(28-20)25(33)26-21-8-12-29(13-9-21)14-15-30-16-18-34-19-17-30/h6-7,21H,2-5,8-19H2,1H3,(H,26,33). The molecule has 1 amide bonds. The molecule has 5 rings (SSSR count). The predicted octanol–water partition coefficient (Wildman–Crippen LogP) is 2.47. The minimum atomic E-state index is -0.144. The molecule has 3 fully saturated rings. The molecule has 0 atom stereocenters. The lowest BCUT2D eigenvalue weighted by molar-refractivity contribution is 0.0319. The van der Waals surface area contributed by atoms with Crippen LogP contribution in [0.2, 0.25) is 0 Å². The van der Waals surface area contributed by atoms with Gasteiger partial charge in [-0.3, -0.25) is 4.90 Å². The quantitative estimate of drug-likeness (QED) is 0.721. The molecule has 0 bridgehead atoms. The number of hydrogen-bond donors (Lipinski definition) is 1. The fourth-order valence-corrected chi connectivity index (χ4v) is 5.40. The maximum Gasteiger partial charge on any atom is 0.342 e. The molecule has 3 saturated heterocycles. The normalized spacial score (nSPS) is 21.6. The van der Waals surface area contributed by atoms with E-state index in [0.29, 0.717) is 0 Å². The van der Waals surface area contributed by atoms with Gasteiger partial charge in [0.15, 0.2) is 0 Å². The number of pyridine rings is 1. The highest BCUT2D eigenvalue weighted by atomic mass is 16.5. The predicted molar refractivity (Wildman–Crippen MR) is 134 cm³/mol. The molecule has 0 aliphatic carbocycles. The molecule has 3 aliphatic rings. The van der Waals surface area contributed by atoms with Gasteiger partial charge in [0, 0.05) is 58.4 Å². The number of carbonyl (C=O) groups excluding carboxylic acids is 1. The molecule has 0 spiro atoms. The third-order valence-corrected chi connectivity index (χ3v) is 7.55. The lowest BCUT2D eigenvalue weighted by atomic mass is 10.1. The number of morpholine rings is 1. The zero-order valence-electron chi connectivity index (χ0n) is 20.5. The van der Waals surface area contributed by atoms with Crippen LogP contribution in [0.3, 0.4) is 0 Å². The van der Waals surface area contributed by atoms with E-state index in [2.05, 4.69) is 25.1 Å². The minimum absolute atomic E-state index is 0.144. The van der Waals surface area contributed by atoms with E-state index in [9.17, 15) is 4.79 Å². The fraction of sp³-hybridized carbons (Fsp3) is 0.720. The van der Waals surface area contributed by atoms with E-state index < -0.39 is 0 Å². The third kappa shape index (κ3) is 5.53. The van der Waals surface area contributed by atoms with Gasteiger partial charge in [-0.25, -0.2) is 9.78 Å². The highest BCUT2D eigenvalue weighted by Gasteiger charge is 2.24. The SMILES string of the molecule is Cc1nn(C(=O)NC2CCN(CCN3CCOCC3)CC2)c2ccc(N3CCCCCC3)nc12. The molecule has 1 N–H and O–H groups in total. The molecule has 0 aromatic carbocycles. The van der Waals surface area contributed by atoms with Crippen molar-refractivity contribution in [1.29, 1.82) is 0 Å². The van der Waals surface area contributed by atoms with Crippen LogP contribution >= 0.6 is 0 Å². The second kappa shape index (κ2) is 11.0. The van der Waals surface area contributed by atoms with Crippen molar-refractivity contribution >= 4 is 22.9 Å². The van der Waals surface area contributed by atoms with Crippen molar-refractivity contribution in [3.63, 3.8) is 0 Å². The Balaban J connectivity index is 1.16. The molecule has 2 aromatic rings. The summed E-state index contributed by atoms with van der Waals surface area (Å²) in [6, 6.07) is 4.10. The lowest BCUT2D eigenvalue weighted by Gasteiger charge is -2.34. The van der Waals surface area contributed by atoms with Crippen LogP contribution in [-0.4, -0.2) is 102 Å². The average molecular weight is 470 g/mol. The first-order chi connectivity index (χ1) is 16.7. The van der Waals surface area contributed by atoms with Crippen LogP contribution in [0.15, 0.2) is 12.1 Å². The fourth-order valence-electron chi connectivity index (χ4n) is 5.40. The number of nitrogens with one attached hydrogen (secondary N) is 1. The minimum Gasteiger partial charge on any atom is -0.379 e. The number of aromatic nitrogens is 3. The van der Waals surface area contributed by atoms with Crippen molar-refractivity contribution in [1.82, 2.24) is 29.9 Å². The number of rotatable bonds is 5. The van der Waals surface area contributed by atoms with Gasteiger partial charge in [-0.05, 0) is 44.7 Å². The number of nitrogens with zero attached hydrogens (tertiary/aromatic N) is 6. The number of piperidine rings is 1. The van der Waals surface area contributed by atoms with Crippen molar-refractivity contribution in [2.45, 2.75) is 51.5 Å². The topological polar surface area (TPSA) is 78.8 Å². The zero-order valence-corrected chi connectivity index (χ0v) is 20.5. The van der Waals surface area contributed by atoms with E-state index in [0.717, 1.165) is 101 Å². The molecular weight excluding hydrogens is 430 g/mol. The Morgan fingerprint density at radius 3 is 2.35 bits per heavy atom. The van der Waals surface area contributed by atoms with E-state index in [-0.39, 0.29) is 12.1 Å². The highest BCUT2D eigenvalue weighted by Crippen LogP contribution is 2.23. The van der Waals surface area contributed by atoms with Gasteiger partial charge in [0.05, 0.1) is 24.4 Å². The highest BCUT2D eigenvalue weighted by molar-refractivity contribution is 5.90. The Morgan fingerprint density at radius 1 is 0.971 bits per heavy atom. The molecule has 0 saturated carbocycles. The van der Waals surface area contributed by atoms with Crippen LogP contribution in [0.5, 0.6) is 0 Å². The summed E-state index contributed by atoms with van der Waals surface area (Å²) in [5.41, 5.74) is 2.42. The van der Waals surface area contributed by atoms with Gasteiger partial charge in [0.25, 0.3) is 0 Å². The van der Waals surface area contributed by atoms with Crippen LogP contribution in [0.25, 0.3) is 11.0 Å². The number of fused-ring (bicyclic) bond motifs is 1. The maximum absolute atomic E-state index is 13.1. The molecule has 2 aromatic heterocycles. The first-order valence-electron chi connectivity index (χ1n) is 13.1. The second-order valence-corrected chi connectivity index (χ2v) is 9.96. The van der Waals surface area contributed by atoms with Crippen LogP contribution in [-0.2, 0) is 4.74 Å². The Labute approximate surface area is 202 Å². The van der Waals surface area contributed by atoms with Crippen molar-refractivity contribution in [3.05, 3.63) is 17.8 Å². The van der Waals surface area contributed by atoms with Crippen molar-refractivity contribution in [2.24, 2.45) is 0 Å². The molecular formula is C25H39N7O2. The van der Waals surface area contributed by atoms with E-state index >= 15 is 0 Å². The largest absolute Gasteiger partial charge is 0.379 e. The summed E-state index contributed by atoms with van der Waals surface area (Å²) in [6.07, 6.45) is 6.97. The van der Waals surface area contributed by atoms with Crippen molar-refractivity contribution < 1.29 is 9.53 Å². The number of anilines is 1. The molecule has 34 heavy (non-hydrogen) atoms. The van der Waals surface area contributed by atoms with Gasteiger partial charge in [-0.2, -0.15) is 9.78 Å². The van der Waals surface area contributed by atoms with Crippen LogP contribution in [0.4, 0.5) is 10.6 Å². The summed E-state index contributed by atoms with van der Waals surface area (Å²) in [6.45, 7) is 12.1. The Kier molecular flexibility index (Phi) is 7.61. The van der Waals surface area contributed by atoms with Crippen LogP contribution in [0.1, 0.15) is 44.2 Å². The molecule has 0 radical (unpaired) electrons. The summed E-state index contributed by atoms with van der Waals surface area (Å²) in [7, 11) is 0. The monoisotopic (exact) mass is 469 g/mol. The number of aryl methyl sites for hydroxylation is 1. The number of amides is 1. The second-order valence-electron chi connectivity index (χ2n) is 9.96. The van der Waals surface area contributed by atoms with Gasteiger partial charge in [-0.15, -0.1) is 0 Å². The molecule has 3 aliphatic heterocycles. The van der Waals surface area contributed by atoms with Crippen molar-refractivity contribution in [3.8, 4) is 0 Å². The smallest absolute Gasteiger partial charge is 0.342 e. The van der Waals surface area contributed by atoms with Crippen LogP contribution in [0, 0.1) is 6.92 Å². The lowest BCUT2D eigenvalue weighted by Crippen LogP contribution is -2.48. The first-order valence-corrected chi connectivity index (χ1v) is 13.1. The number of carbonyl (C=O) groups is 1. The van der Waals surface area contributed by atoms with E-state index in [1.54, 1.807) is 0 Å². The van der Waals surface area contributed by atoms with E-state index in [1.165, 1.54) is 30.4 Å². The molecule has 0 unspecified atom stereocenters. The third-order valence-electron chi connectivity index (χ3n) is 7.55. The van der Waals surface area contributed by atoms with Gasteiger partial charge in [0.1, 0.15) is 11.3 Å². The molecule has 9 heteroatoms. The summed E-state index contributed by atoms with van der Waals surface area (Å²) in [4.78, 5) is 25.4. The molecule has 9 nitrogen and oxygen atoms in total. The van der Waals surface area contributed by atoms with Crippen LogP contribution < -0.4 is 10.2 Å². The summed E-state index contributed by atoms with van der Waals surface area (Å²) >= 11 is 0. The van der Waals surface area contributed by atoms with Gasteiger partial charge >= 0.3 is 6.03 Å². The summed E-state index contributed by atoms with van der Waals surface area (Å²) < 4.78 is 6.95. The van der Waals surface area contributed by atoms with E-state index in [1.807, 2.05) is 19.1 Å². The Hall–Kier alpha value is -2.23. The molecule has 186 valence electrons. The Bertz CT molecular complexity index is 956. The van der Waals surface area contributed by atoms with Crippen molar-refractivity contribution in [2.75, 3.05) is 70.5 Å². The number of hydrogen-bond acceptors (Lipinski definition) is 7. The van der Waals surface area contributed by atoms with Gasteiger partial charge < -0.3 is 19.9 Å². The molecule has 5 heterocycles. The van der Waals surface area contributed by atoms with Gasteiger partial charge in [0.2, 0.25) is 0 Å². The number of ether oxygens (including phenoxy) is 1. The summed E-state index contributed by atoms with van der Waals surface area (Å²) in [5.74, 6) is 1.00. The first kappa shape index (κ1) is 23.5.